The zero-order valence-corrected chi connectivity index (χ0v) is 65.6. The molecular formula is C84H81BrClF2N9O17. The Morgan fingerprint density at radius 3 is 1.57 bits per heavy atom. The molecule has 7 atom stereocenters. The number of non-ortho nitro benzene ring substituents is 2. The third-order valence-electron chi connectivity index (χ3n) is 18.4. The van der Waals surface area contributed by atoms with Crippen LogP contribution < -0.4 is 16.4 Å². The number of nitro groups is 2. The van der Waals surface area contributed by atoms with Gasteiger partial charge in [0.25, 0.3) is 16.9 Å². The Morgan fingerprint density at radius 2 is 1.08 bits per heavy atom. The van der Waals surface area contributed by atoms with Gasteiger partial charge in [-0.2, -0.15) is 38.2 Å². The van der Waals surface area contributed by atoms with Gasteiger partial charge in [0.15, 0.2) is 28.9 Å². The molecule has 0 amide bonds. The molecule has 5 aliphatic rings. The predicted octanol–water partition coefficient (Wildman–Crippen LogP) is 16.9. The van der Waals surface area contributed by atoms with Crippen molar-refractivity contribution >= 4 is 114 Å². The first-order chi connectivity index (χ1) is 54.3. The van der Waals surface area contributed by atoms with E-state index in [0.29, 0.717) is 40.5 Å². The molecule has 13 rings (SSSR count). The van der Waals surface area contributed by atoms with Crippen LogP contribution in [0.1, 0.15) is 169 Å². The highest BCUT2D eigenvalue weighted by Gasteiger charge is 2.46. The topological polar surface area (TPSA) is 378 Å². The van der Waals surface area contributed by atoms with Crippen molar-refractivity contribution in [1.82, 2.24) is 20.8 Å². The van der Waals surface area contributed by atoms with E-state index in [9.17, 15) is 57.8 Å². The van der Waals surface area contributed by atoms with E-state index in [1.54, 1.807) is 48.5 Å². The number of hydrogen-bond acceptors (Lipinski definition) is 23. The summed E-state index contributed by atoms with van der Waals surface area (Å²) < 4.78 is 44.8. The molecule has 6 aromatic carbocycles. The molecule has 0 radical (unpaired) electrons. The van der Waals surface area contributed by atoms with Crippen LogP contribution in [0, 0.1) is 20.2 Å². The molecule has 0 spiro atoms. The molecular weight excluding hydrogens is 1560 g/mol. The lowest BCUT2D eigenvalue weighted by Crippen LogP contribution is -2.40. The quantitative estimate of drug-likeness (QED) is 0.0563. The van der Waals surface area contributed by atoms with Gasteiger partial charge in [-0.1, -0.05) is 132 Å². The first-order valence-corrected chi connectivity index (χ1v) is 36.9. The minimum atomic E-state index is -2.47. The number of para-hydroxylation sites is 3. The number of hydrazone groups is 2. The number of nitro benzene ring substituents is 2. The van der Waals surface area contributed by atoms with Gasteiger partial charge in [-0.15, -0.1) is 0 Å². The number of nitrogens with zero attached hydrogens (tertiary/aromatic N) is 6. The summed E-state index contributed by atoms with van der Waals surface area (Å²) in [5, 5.41) is 31.2. The molecule has 8 aromatic rings. The lowest BCUT2D eigenvalue weighted by atomic mass is 9.86. The largest absolute Gasteiger partial charge is 0.469 e. The molecule has 0 fully saturated rings. The lowest BCUT2D eigenvalue weighted by Gasteiger charge is -2.32. The second-order valence-corrected chi connectivity index (χ2v) is 28.0. The van der Waals surface area contributed by atoms with Gasteiger partial charge < -0.3 is 18.9 Å². The molecule has 7 unspecified atom stereocenters. The van der Waals surface area contributed by atoms with Crippen LogP contribution in [0.4, 0.5) is 25.8 Å². The van der Waals surface area contributed by atoms with Gasteiger partial charge in [0.05, 0.1) is 38.5 Å². The Kier molecular flexibility index (Phi) is 32.8. The van der Waals surface area contributed by atoms with Crippen molar-refractivity contribution < 1.29 is 75.7 Å². The van der Waals surface area contributed by atoms with Crippen molar-refractivity contribution in [3.8, 4) is 0 Å². The molecule has 26 nitrogen and oxygen atoms in total. The number of benzene rings is 6. The van der Waals surface area contributed by atoms with E-state index in [2.05, 4.69) is 97.0 Å². The van der Waals surface area contributed by atoms with Crippen LogP contribution in [-0.4, -0.2) is 89.9 Å². The van der Waals surface area contributed by atoms with E-state index in [1.807, 2.05) is 97.9 Å². The van der Waals surface area contributed by atoms with Crippen molar-refractivity contribution in [2.75, 3.05) is 0 Å². The van der Waals surface area contributed by atoms with Gasteiger partial charge >= 0.3 is 24.0 Å². The summed E-state index contributed by atoms with van der Waals surface area (Å²) in [4.78, 5) is 137. The van der Waals surface area contributed by atoms with Gasteiger partial charge in [0.1, 0.15) is 11.5 Å². The van der Waals surface area contributed by atoms with Crippen LogP contribution in [0.5, 0.6) is 0 Å². The van der Waals surface area contributed by atoms with Gasteiger partial charge in [-0.25, -0.2) is 9.98 Å². The fourth-order valence-electron chi connectivity index (χ4n) is 12.3. The van der Waals surface area contributed by atoms with Gasteiger partial charge in [0, 0.05) is 140 Å². The number of H-pyrrole nitrogens is 1. The average Bonchev–Trinajstić information content (AvgIpc) is 1.16. The number of aliphatic imine (C=N–C) groups is 1. The van der Waals surface area contributed by atoms with Crippen molar-refractivity contribution in [1.29, 1.82) is 0 Å². The van der Waals surface area contributed by atoms with Gasteiger partial charge in [-0.3, -0.25) is 59.8 Å². The standard InChI is InChI=1S/C26H20N4O4.C15H14BrFO3.C14H17ClN2.C14H17N3O2.C13H13FO4.2CO2/c31-25-15-17-5-1-2-6-20(17)27-23(25)13-18(16-9-11-19(12-10-16)30(33)34)14-24-26(32)29-22-8-4-3-7-21(22)28-24;1-9(18)14-7-12(8-15(17,20-14)10(2)19)11-3-5-13(16)6-4-11;1-3-14-9-12(8-10(2)16-17-14)11-4-6-13(15)7-5-11;1-3-13-9-12(8-10(2)15-16-13)11-4-6-14(7-5-11)17(18)19;1-8(15)12-6-10(11-4-3-5-17-11)7-13(14,18-12)9(2)16;2*2-1-3/h1-12,18H,13-15H2,(H,29,32);3-7,12H,8H2,1-2H3;4-7,9,12,17H,3,8H2,1-2H3;4-7,9,12,16H,3,8H2,1-2H3;3-6,10H,7H2,1-2H3;;. The number of aromatic nitrogens is 2. The summed E-state index contributed by atoms with van der Waals surface area (Å²) in [5.41, 5.74) is 18.1. The second-order valence-electron chi connectivity index (χ2n) is 26.6. The number of allylic oxidation sites excluding steroid dienone is 8. The number of nitrogens with one attached hydrogen (secondary N) is 3. The number of furan rings is 1. The van der Waals surface area contributed by atoms with Crippen LogP contribution in [0.2, 0.25) is 5.02 Å². The highest BCUT2D eigenvalue weighted by atomic mass is 79.9. The van der Waals surface area contributed by atoms with E-state index in [0.717, 1.165) is 94.1 Å². The smallest absolute Gasteiger partial charge is 0.373 e. The van der Waals surface area contributed by atoms with E-state index >= 15 is 0 Å². The number of Topliss-reactive ketones (excluding diaryl/α,β-unsaturated/α-hetero) is 5. The number of rotatable bonds is 17. The number of ketones is 5. The molecule has 7 heterocycles. The Morgan fingerprint density at radius 1 is 0.614 bits per heavy atom. The second kappa shape index (κ2) is 42.2. The fourth-order valence-corrected chi connectivity index (χ4v) is 12.7. The maximum Gasteiger partial charge on any atom is 0.373 e. The SMILES string of the molecule is CC(=O)C1=CC(c2ccc(Br)cc2)CC(F)(C(C)=O)O1.CC(=O)C1=CC(c2ccco2)CC(F)(C(C)=O)O1.CCC1=CC(c2ccc(Cl)cc2)CC(C)=NN1.CCC1=CC(c2ccc([N+](=O)[O-])cc2)CC(C)=NN1.O=C1Cc2ccccc2N=C1CC(Cc1nc2ccccc2[nH]c1=O)c1ccc([N+](=O)[O-])cc1.O=C=O.O=C=O. The summed E-state index contributed by atoms with van der Waals surface area (Å²) in [7, 11) is 0. The maximum atomic E-state index is 14.5. The first-order valence-electron chi connectivity index (χ1n) is 35.7. The summed E-state index contributed by atoms with van der Waals surface area (Å²) in [6, 6.07) is 46.5. The van der Waals surface area contributed by atoms with Crippen molar-refractivity contribution in [3.63, 3.8) is 0 Å². The minimum Gasteiger partial charge on any atom is -0.469 e. The van der Waals surface area contributed by atoms with E-state index in [-0.39, 0.29) is 94.9 Å². The van der Waals surface area contributed by atoms with Gasteiger partial charge in [0.2, 0.25) is 11.6 Å². The van der Waals surface area contributed by atoms with Gasteiger partial charge in [-0.05, 0) is 140 Å². The average molecular weight is 1640 g/mol. The molecule has 30 heteroatoms. The number of ether oxygens (including phenoxy) is 2. The third-order valence-corrected chi connectivity index (χ3v) is 19.2. The number of alkyl halides is 2. The van der Waals surface area contributed by atoms with Crippen LogP contribution in [0.3, 0.4) is 0 Å². The van der Waals surface area contributed by atoms with E-state index in [4.69, 9.17) is 44.7 Å². The van der Waals surface area contributed by atoms with Crippen molar-refractivity contribution in [3.05, 3.63) is 291 Å². The molecule has 0 saturated heterocycles. The Labute approximate surface area is 667 Å². The number of carbonyl (C=O) groups excluding carboxylic acids is 9. The molecule has 114 heavy (non-hydrogen) atoms. The van der Waals surface area contributed by atoms with E-state index < -0.39 is 45.7 Å². The maximum absolute atomic E-state index is 14.5. The first kappa shape index (κ1) is 88.7. The zero-order valence-electron chi connectivity index (χ0n) is 63.3. The molecule has 0 saturated carbocycles. The number of carbonyl (C=O) groups is 5. The summed E-state index contributed by atoms with van der Waals surface area (Å²) in [5.74, 6) is -7.57. The molecule has 592 valence electrons. The fraction of sp³-hybridized carbons (Fsp3) is 0.286. The van der Waals surface area contributed by atoms with Crippen molar-refractivity contribution in [2.24, 2.45) is 15.2 Å². The highest BCUT2D eigenvalue weighted by molar-refractivity contribution is 9.10. The lowest BCUT2D eigenvalue weighted by molar-refractivity contribution is -0.385. The predicted molar refractivity (Wildman–Crippen MR) is 424 cm³/mol. The van der Waals surface area contributed by atoms with Crippen LogP contribution in [-0.2, 0) is 65.5 Å². The number of hydrogen-bond donors (Lipinski definition) is 3. The highest BCUT2D eigenvalue weighted by Crippen LogP contribution is 2.41. The summed E-state index contributed by atoms with van der Waals surface area (Å²) in [6.45, 7) is 13.0. The number of aromatic amines is 1. The molecule has 2 aromatic heterocycles. The van der Waals surface area contributed by atoms with Crippen molar-refractivity contribution in [2.45, 2.75) is 154 Å². The molecule has 5 aliphatic heterocycles. The third kappa shape index (κ3) is 25.5. The Bertz CT molecular complexity index is 5160. The number of halogens is 4. The van der Waals surface area contributed by atoms with Crippen LogP contribution in [0.15, 0.2) is 240 Å². The molecule has 0 bridgehead atoms. The molecule has 3 N–H and O–H groups in total. The summed E-state index contributed by atoms with van der Waals surface area (Å²) >= 11 is 9.24. The normalized spacial score (nSPS) is 19.2. The number of fused-ring (bicyclic) bond motifs is 2. The van der Waals surface area contributed by atoms with Crippen LogP contribution in [0.25, 0.3) is 11.0 Å². The zero-order chi connectivity index (χ0) is 83.4. The van der Waals surface area contributed by atoms with E-state index in [1.165, 1.54) is 49.6 Å². The minimum absolute atomic E-state index is 0.0239. The molecule has 0 aliphatic carbocycles. The Balaban J connectivity index is 0.000000199. The Hall–Kier alpha value is -12.6. The summed E-state index contributed by atoms with van der Waals surface area (Å²) in [6.07, 6.45) is 13.6. The monoisotopic (exact) mass is 1640 g/mol. The van der Waals surface area contributed by atoms with Crippen LogP contribution >= 0.6 is 27.5 Å².